The van der Waals surface area contributed by atoms with E-state index in [4.69, 9.17) is 9.47 Å². The number of ether oxygens (including phenoxy) is 2. The van der Waals surface area contributed by atoms with Crippen LogP contribution in [0.3, 0.4) is 0 Å². The highest BCUT2D eigenvalue weighted by Gasteiger charge is 2.36. The zero-order valence-electron chi connectivity index (χ0n) is 18.2. The smallest absolute Gasteiger partial charge is 0.229 e. The van der Waals surface area contributed by atoms with E-state index in [1.165, 1.54) is 5.56 Å². The summed E-state index contributed by atoms with van der Waals surface area (Å²) in [5.41, 5.74) is 2.53. The van der Waals surface area contributed by atoms with E-state index in [0.29, 0.717) is 36.0 Å². The molecule has 1 N–H and O–H groups in total. The molecule has 3 aromatic carbocycles. The van der Waals surface area contributed by atoms with Crippen molar-refractivity contribution in [2.75, 3.05) is 23.4 Å². The quantitative estimate of drug-likeness (QED) is 0.561. The fourth-order valence-corrected chi connectivity index (χ4v) is 3.67. The first-order chi connectivity index (χ1) is 15.5. The maximum absolute atomic E-state index is 12.8. The van der Waals surface area contributed by atoms with E-state index >= 15 is 0 Å². The van der Waals surface area contributed by atoms with Crippen LogP contribution in [-0.2, 0) is 9.59 Å². The number of aryl methyl sites for hydroxylation is 1. The summed E-state index contributed by atoms with van der Waals surface area (Å²) in [6.45, 7) is 4.75. The molecule has 1 atom stereocenters. The van der Waals surface area contributed by atoms with Gasteiger partial charge in [-0.25, -0.2) is 0 Å². The number of nitrogens with one attached hydrogen (secondary N) is 1. The molecular formula is C26H26N2O4. The highest BCUT2D eigenvalue weighted by molar-refractivity contribution is 6.04. The van der Waals surface area contributed by atoms with Crippen molar-refractivity contribution < 1.29 is 19.1 Å². The molecule has 0 bridgehead atoms. The normalized spacial score (nSPS) is 15.5. The van der Waals surface area contributed by atoms with Crippen LogP contribution < -0.4 is 19.7 Å². The molecule has 0 aliphatic carbocycles. The largest absolute Gasteiger partial charge is 0.492 e. The Kier molecular flexibility index (Phi) is 6.40. The van der Waals surface area contributed by atoms with E-state index in [2.05, 4.69) is 5.32 Å². The Bertz CT molecular complexity index is 1090. The molecule has 1 aliphatic rings. The minimum absolute atomic E-state index is 0.0841. The number of carbonyl (C=O) groups is 2. The number of hydrogen-bond acceptors (Lipinski definition) is 4. The van der Waals surface area contributed by atoms with E-state index in [1.54, 1.807) is 29.2 Å². The van der Waals surface area contributed by atoms with Gasteiger partial charge in [0.2, 0.25) is 11.8 Å². The molecule has 1 fully saturated rings. The van der Waals surface area contributed by atoms with Gasteiger partial charge in [-0.1, -0.05) is 29.8 Å². The number of para-hydroxylation sites is 2. The molecule has 0 unspecified atom stereocenters. The SMILES string of the molecule is CCOc1ccccc1N1C[C@H](C(=O)Nc2ccc(Oc3ccc(C)cc3)cc2)CC1=O. The zero-order chi connectivity index (χ0) is 22.5. The van der Waals surface area contributed by atoms with E-state index in [0.717, 1.165) is 5.75 Å². The molecule has 32 heavy (non-hydrogen) atoms. The molecule has 2 amide bonds. The third-order valence-corrected chi connectivity index (χ3v) is 5.33. The molecule has 6 heteroatoms. The minimum Gasteiger partial charge on any atom is -0.492 e. The van der Waals surface area contributed by atoms with E-state index < -0.39 is 5.92 Å². The van der Waals surface area contributed by atoms with Crippen molar-refractivity contribution in [2.45, 2.75) is 20.3 Å². The third-order valence-electron chi connectivity index (χ3n) is 5.33. The lowest BCUT2D eigenvalue weighted by Gasteiger charge is -2.20. The van der Waals surface area contributed by atoms with Crippen LogP contribution >= 0.6 is 0 Å². The van der Waals surface area contributed by atoms with Crippen molar-refractivity contribution in [1.29, 1.82) is 0 Å². The van der Waals surface area contributed by atoms with Crippen molar-refractivity contribution in [3.8, 4) is 17.2 Å². The van der Waals surface area contributed by atoms with Crippen LogP contribution in [-0.4, -0.2) is 25.0 Å². The second kappa shape index (κ2) is 9.56. The summed E-state index contributed by atoms with van der Waals surface area (Å²) in [7, 11) is 0. The lowest BCUT2D eigenvalue weighted by atomic mass is 10.1. The van der Waals surface area contributed by atoms with Gasteiger partial charge in [0.05, 0.1) is 18.2 Å². The fraction of sp³-hybridized carbons (Fsp3) is 0.231. The van der Waals surface area contributed by atoms with Crippen LogP contribution in [0.15, 0.2) is 72.8 Å². The highest BCUT2D eigenvalue weighted by Crippen LogP contribution is 2.33. The monoisotopic (exact) mass is 430 g/mol. The Morgan fingerprint density at radius 3 is 2.34 bits per heavy atom. The number of carbonyl (C=O) groups excluding carboxylic acids is 2. The van der Waals surface area contributed by atoms with Crippen molar-refractivity contribution in [1.82, 2.24) is 0 Å². The second-order valence-corrected chi connectivity index (χ2v) is 7.73. The number of nitrogens with zero attached hydrogens (tertiary/aromatic N) is 1. The summed E-state index contributed by atoms with van der Waals surface area (Å²) in [6, 6.07) is 22.4. The Labute approximate surface area is 187 Å². The van der Waals surface area contributed by atoms with E-state index in [1.807, 2.05) is 62.4 Å². The summed E-state index contributed by atoms with van der Waals surface area (Å²) in [5, 5.41) is 2.91. The Morgan fingerprint density at radius 2 is 1.66 bits per heavy atom. The molecule has 164 valence electrons. The highest BCUT2D eigenvalue weighted by atomic mass is 16.5. The summed E-state index contributed by atoms with van der Waals surface area (Å²) in [4.78, 5) is 27.0. The molecule has 0 aromatic heterocycles. The molecular weight excluding hydrogens is 404 g/mol. The van der Waals surface area contributed by atoms with E-state index in [9.17, 15) is 9.59 Å². The Balaban J connectivity index is 1.38. The van der Waals surface area contributed by atoms with Gasteiger partial charge in [-0.2, -0.15) is 0 Å². The van der Waals surface area contributed by atoms with Gasteiger partial charge in [0.25, 0.3) is 0 Å². The molecule has 1 heterocycles. The standard InChI is InChI=1S/C26H26N2O4/c1-3-31-24-7-5-4-6-23(24)28-17-19(16-25(28)29)26(30)27-20-10-14-22(15-11-20)32-21-12-8-18(2)9-13-21/h4-15,19H,3,16-17H2,1-2H3,(H,27,30)/t19-/m1/s1. The fourth-order valence-electron chi connectivity index (χ4n) is 3.67. The Morgan fingerprint density at radius 1 is 1.00 bits per heavy atom. The van der Waals surface area contributed by atoms with Gasteiger partial charge in [0, 0.05) is 18.7 Å². The number of benzene rings is 3. The molecule has 0 saturated carbocycles. The average molecular weight is 431 g/mol. The average Bonchev–Trinajstić information content (AvgIpc) is 3.19. The van der Waals surface area contributed by atoms with Crippen LogP contribution in [0.4, 0.5) is 11.4 Å². The molecule has 1 aliphatic heterocycles. The van der Waals surface area contributed by atoms with Gasteiger partial charge in [-0.3, -0.25) is 9.59 Å². The first-order valence-corrected chi connectivity index (χ1v) is 10.7. The van der Waals surface area contributed by atoms with Gasteiger partial charge in [0.1, 0.15) is 17.2 Å². The molecule has 1 saturated heterocycles. The van der Waals surface area contributed by atoms with Crippen molar-refractivity contribution in [2.24, 2.45) is 5.92 Å². The van der Waals surface area contributed by atoms with Crippen LogP contribution in [0.2, 0.25) is 0 Å². The van der Waals surface area contributed by atoms with Crippen LogP contribution in [0.25, 0.3) is 0 Å². The maximum atomic E-state index is 12.8. The van der Waals surface area contributed by atoms with Gasteiger partial charge in [-0.15, -0.1) is 0 Å². The van der Waals surface area contributed by atoms with Crippen molar-refractivity contribution >= 4 is 23.2 Å². The second-order valence-electron chi connectivity index (χ2n) is 7.73. The van der Waals surface area contributed by atoms with Crippen LogP contribution in [0, 0.1) is 12.8 Å². The molecule has 0 radical (unpaired) electrons. The predicted molar refractivity (Wildman–Crippen MR) is 124 cm³/mol. The van der Waals surface area contributed by atoms with Crippen molar-refractivity contribution in [3.05, 3.63) is 78.4 Å². The lowest BCUT2D eigenvalue weighted by Crippen LogP contribution is -2.28. The summed E-state index contributed by atoms with van der Waals surface area (Å²) < 4.78 is 11.5. The van der Waals surface area contributed by atoms with Crippen LogP contribution in [0.5, 0.6) is 17.2 Å². The Hall–Kier alpha value is -3.80. The van der Waals surface area contributed by atoms with Crippen LogP contribution in [0.1, 0.15) is 18.9 Å². The van der Waals surface area contributed by atoms with Gasteiger partial charge in [-0.05, 0) is 62.4 Å². The summed E-state index contributed by atoms with van der Waals surface area (Å²) >= 11 is 0. The number of rotatable bonds is 7. The minimum atomic E-state index is -0.430. The first kappa shape index (κ1) is 21.4. The molecule has 6 nitrogen and oxygen atoms in total. The van der Waals surface area contributed by atoms with E-state index in [-0.39, 0.29) is 18.2 Å². The molecule has 0 spiro atoms. The number of anilines is 2. The summed E-state index contributed by atoms with van der Waals surface area (Å²) in [5.74, 6) is 1.39. The first-order valence-electron chi connectivity index (χ1n) is 10.7. The van der Waals surface area contributed by atoms with Gasteiger partial charge < -0.3 is 19.7 Å². The molecule has 4 rings (SSSR count). The zero-order valence-corrected chi connectivity index (χ0v) is 18.2. The maximum Gasteiger partial charge on any atom is 0.229 e. The topological polar surface area (TPSA) is 67.9 Å². The summed E-state index contributed by atoms with van der Waals surface area (Å²) in [6.07, 6.45) is 0.168. The predicted octanol–water partition coefficient (Wildman–Crippen LogP) is 5.18. The third kappa shape index (κ3) is 4.91. The molecule has 3 aromatic rings. The lowest BCUT2D eigenvalue weighted by molar-refractivity contribution is -0.122. The number of hydrogen-bond donors (Lipinski definition) is 1. The number of amides is 2. The van der Waals surface area contributed by atoms with Crippen molar-refractivity contribution in [3.63, 3.8) is 0 Å². The van der Waals surface area contributed by atoms with Gasteiger partial charge in [0.15, 0.2) is 0 Å². The van der Waals surface area contributed by atoms with Gasteiger partial charge >= 0.3 is 0 Å².